The Hall–Kier alpha value is -1.92. The van der Waals surface area contributed by atoms with Crippen LogP contribution in [0, 0.1) is 35.2 Å². The van der Waals surface area contributed by atoms with Gasteiger partial charge in [-0.25, -0.2) is 18.0 Å². The van der Waals surface area contributed by atoms with Crippen LogP contribution in [-0.4, -0.2) is 11.9 Å². The number of carbonyl (C=O) groups excluding carboxylic acids is 1. The van der Waals surface area contributed by atoms with Crippen LogP contribution in [0.1, 0.15) is 64.7 Å². The monoisotopic (exact) mass is 430 g/mol. The molecule has 2 nitrogen and oxygen atoms in total. The number of carbonyl (C=O) groups is 1. The van der Waals surface area contributed by atoms with Gasteiger partial charge in [-0.15, -0.1) is 0 Å². The Morgan fingerprint density at radius 1 is 1.03 bits per heavy atom. The minimum atomic E-state index is -3.90. The normalized spacial score (nSPS) is 25.0. The lowest BCUT2D eigenvalue weighted by atomic mass is 9.70. The van der Waals surface area contributed by atoms with Gasteiger partial charge in [-0.3, -0.25) is 0 Å². The van der Waals surface area contributed by atoms with Gasteiger partial charge in [-0.2, -0.15) is 8.78 Å². The van der Waals surface area contributed by atoms with Crippen LogP contribution in [0.5, 0.6) is 5.75 Å². The number of esters is 1. The third-order valence-corrected chi connectivity index (χ3v) is 6.53. The van der Waals surface area contributed by atoms with Crippen molar-refractivity contribution in [2.45, 2.75) is 70.6 Å². The second kappa shape index (κ2) is 9.48. The summed E-state index contributed by atoms with van der Waals surface area (Å²) >= 11 is 0. The maximum Gasteiger partial charge on any atom is 0.387 e. The van der Waals surface area contributed by atoms with Gasteiger partial charge >= 0.3 is 11.9 Å². The molecule has 0 aliphatic heterocycles. The summed E-state index contributed by atoms with van der Waals surface area (Å²) in [6.45, 7) is 2.19. The Labute approximate surface area is 173 Å². The lowest BCUT2D eigenvalue weighted by Gasteiger charge is -2.36. The van der Waals surface area contributed by atoms with Crippen LogP contribution in [0.3, 0.4) is 0 Å². The Kier molecular flexibility index (Phi) is 7.19. The van der Waals surface area contributed by atoms with Gasteiger partial charge in [0.25, 0.3) is 0 Å². The zero-order valence-electron chi connectivity index (χ0n) is 17.0. The van der Waals surface area contributed by atoms with Crippen LogP contribution in [0.15, 0.2) is 23.8 Å². The highest BCUT2D eigenvalue weighted by Gasteiger charge is 2.46. The number of rotatable bonds is 6. The highest BCUT2D eigenvalue weighted by atomic mass is 19.3. The van der Waals surface area contributed by atoms with E-state index in [9.17, 15) is 26.7 Å². The van der Waals surface area contributed by atoms with Crippen LogP contribution < -0.4 is 4.74 Å². The average molecular weight is 430 g/mol. The zero-order chi connectivity index (χ0) is 21.9. The molecule has 0 aromatic heterocycles. The lowest BCUT2D eigenvalue weighted by molar-refractivity contribution is -0.156. The fraction of sp³-hybridized carbons (Fsp3) is 0.609. The van der Waals surface area contributed by atoms with E-state index in [1.54, 1.807) is 0 Å². The first-order valence-electron chi connectivity index (χ1n) is 10.7. The Bertz CT molecular complexity index is 774. The molecule has 0 amide bonds. The summed E-state index contributed by atoms with van der Waals surface area (Å²) in [5.74, 6) is -9.96. The number of halogens is 5. The molecule has 1 saturated carbocycles. The van der Waals surface area contributed by atoms with E-state index in [1.165, 1.54) is 31.8 Å². The fourth-order valence-corrected chi connectivity index (χ4v) is 4.82. The summed E-state index contributed by atoms with van der Waals surface area (Å²) in [5.41, 5.74) is -0.327. The highest BCUT2D eigenvalue weighted by molar-refractivity contribution is 5.83. The molecule has 30 heavy (non-hydrogen) atoms. The lowest BCUT2D eigenvalue weighted by Crippen LogP contribution is -2.36. The Morgan fingerprint density at radius 2 is 1.67 bits per heavy atom. The molecule has 2 aliphatic carbocycles. The van der Waals surface area contributed by atoms with Gasteiger partial charge in [0.2, 0.25) is 0 Å². The number of hydrogen-bond acceptors (Lipinski definition) is 2. The maximum atomic E-state index is 14.6. The Balaban J connectivity index is 1.59. The Morgan fingerprint density at radius 3 is 2.20 bits per heavy atom. The molecule has 1 unspecified atom stereocenters. The maximum absolute atomic E-state index is 14.6. The zero-order valence-corrected chi connectivity index (χ0v) is 17.0. The minimum absolute atomic E-state index is 0.0772. The highest BCUT2D eigenvalue weighted by Crippen LogP contribution is 2.43. The van der Waals surface area contributed by atoms with Crippen molar-refractivity contribution in [3.63, 3.8) is 0 Å². The standard InChI is InChI=1S/C23H27F5O2/c1-2-3-14-4-6-15(7-5-14)16-8-10-17(11-9-16)23(27,28)22(29)30-18-12-19(24)21(26)20(25)13-18/h10,12-16H,2-9,11H2,1H3. The van der Waals surface area contributed by atoms with Crippen LogP contribution in [0.25, 0.3) is 0 Å². The summed E-state index contributed by atoms with van der Waals surface area (Å²) in [4.78, 5) is 12.0. The SMILES string of the molecule is CCCC1CCC(C2CC=C(C(F)(F)C(=O)Oc3cc(F)c(F)c(F)c3)CC2)CC1. The van der Waals surface area contributed by atoms with E-state index in [1.807, 2.05) is 0 Å². The molecular formula is C23H27F5O2. The molecule has 0 heterocycles. The van der Waals surface area contributed by atoms with E-state index in [4.69, 9.17) is 0 Å². The molecule has 1 atom stereocenters. The molecule has 1 fully saturated rings. The van der Waals surface area contributed by atoms with Gasteiger partial charge < -0.3 is 4.74 Å². The molecule has 0 radical (unpaired) electrons. The van der Waals surface area contributed by atoms with Crippen molar-refractivity contribution in [2.24, 2.45) is 17.8 Å². The minimum Gasteiger partial charge on any atom is -0.422 e. The molecule has 7 heteroatoms. The summed E-state index contributed by atoms with van der Waals surface area (Å²) < 4.78 is 73.0. The molecule has 1 aromatic rings. The number of benzene rings is 1. The van der Waals surface area contributed by atoms with Crippen molar-refractivity contribution in [2.75, 3.05) is 0 Å². The first kappa shape index (κ1) is 22.8. The molecule has 1 aromatic carbocycles. The van der Waals surface area contributed by atoms with E-state index >= 15 is 0 Å². The molecule has 0 bridgehead atoms. The van der Waals surface area contributed by atoms with E-state index in [-0.39, 0.29) is 12.0 Å². The van der Waals surface area contributed by atoms with Crippen molar-refractivity contribution < 1.29 is 31.5 Å². The van der Waals surface area contributed by atoms with Crippen LogP contribution in [0.2, 0.25) is 0 Å². The summed E-state index contributed by atoms with van der Waals surface area (Å²) in [6.07, 6.45) is 9.63. The van der Waals surface area contributed by atoms with Crippen LogP contribution in [-0.2, 0) is 4.79 Å². The first-order valence-corrected chi connectivity index (χ1v) is 10.7. The number of hydrogen-bond donors (Lipinski definition) is 0. The number of alkyl halides is 2. The van der Waals surface area contributed by atoms with Gasteiger partial charge in [0, 0.05) is 17.7 Å². The van der Waals surface area contributed by atoms with Gasteiger partial charge in [0.15, 0.2) is 17.5 Å². The van der Waals surface area contributed by atoms with E-state index < -0.39 is 35.1 Å². The quantitative estimate of drug-likeness (QED) is 0.160. The van der Waals surface area contributed by atoms with Crippen molar-refractivity contribution in [1.82, 2.24) is 0 Å². The van der Waals surface area contributed by atoms with Crippen molar-refractivity contribution in [3.05, 3.63) is 41.2 Å². The molecule has 0 spiro atoms. The van der Waals surface area contributed by atoms with Crippen molar-refractivity contribution >= 4 is 5.97 Å². The summed E-state index contributed by atoms with van der Waals surface area (Å²) in [5, 5.41) is 0. The molecule has 0 saturated heterocycles. The van der Waals surface area contributed by atoms with Crippen molar-refractivity contribution in [3.8, 4) is 5.75 Å². The topological polar surface area (TPSA) is 26.3 Å². The van der Waals surface area contributed by atoms with Crippen LogP contribution in [0.4, 0.5) is 22.0 Å². The van der Waals surface area contributed by atoms with Crippen molar-refractivity contribution in [1.29, 1.82) is 0 Å². The van der Waals surface area contributed by atoms with E-state index in [0.717, 1.165) is 18.8 Å². The average Bonchev–Trinajstić information content (AvgIpc) is 2.73. The summed E-state index contributed by atoms with van der Waals surface area (Å²) in [6, 6.07) is 0.735. The van der Waals surface area contributed by atoms with Gasteiger partial charge in [-0.1, -0.05) is 38.7 Å². The van der Waals surface area contributed by atoms with Gasteiger partial charge in [0.05, 0.1) is 0 Å². The number of allylic oxidation sites excluding steroid dienone is 1. The number of ether oxygens (including phenoxy) is 1. The molecular weight excluding hydrogens is 403 g/mol. The third kappa shape index (κ3) is 5.03. The van der Waals surface area contributed by atoms with E-state index in [2.05, 4.69) is 11.7 Å². The fourth-order valence-electron chi connectivity index (χ4n) is 4.82. The molecule has 166 valence electrons. The third-order valence-electron chi connectivity index (χ3n) is 6.53. The molecule has 2 aliphatic rings. The largest absolute Gasteiger partial charge is 0.422 e. The van der Waals surface area contributed by atoms with Crippen LogP contribution >= 0.6 is 0 Å². The molecule has 3 rings (SSSR count). The van der Waals surface area contributed by atoms with E-state index in [0.29, 0.717) is 36.8 Å². The smallest absolute Gasteiger partial charge is 0.387 e. The van der Waals surface area contributed by atoms with Gasteiger partial charge in [0.1, 0.15) is 5.75 Å². The second-order valence-electron chi connectivity index (χ2n) is 8.50. The predicted molar refractivity (Wildman–Crippen MR) is 103 cm³/mol. The van der Waals surface area contributed by atoms with Gasteiger partial charge in [-0.05, 0) is 49.9 Å². The second-order valence-corrected chi connectivity index (χ2v) is 8.50. The molecule has 0 N–H and O–H groups in total. The summed E-state index contributed by atoms with van der Waals surface area (Å²) in [7, 11) is 0. The predicted octanol–water partition coefficient (Wildman–Crippen LogP) is 6.98. The first-order chi connectivity index (χ1) is 14.2.